The van der Waals surface area contributed by atoms with Crippen LogP contribution in [0.4, 0.5) is 0 Å². The number of allylic oxidation sites excluding steroid dienone is 1. The van der Waals surface area contributed by atoms with Crippen molar-refractivity contribution in [2.45, 2.75) is 31.5 Å². The van der Waals surface area contributed by atoms with Crippen molar-refractivity contribution >= 4 is 0 Å². The fourth-order valence-corrected chi connectivity index (χ4v) is 2.14. The van der Waals surface area contributed by atoms with E-state index in [0.29, 0.717) is 0 Å². The monoisotopic (exact) mass is 198 g/mol. The molecule has 0 aromatic rings. The van der Waals surface area contributed by atoms with Crippen molar-refractivity contribution in [2.24, 2.45) is 0 Å². The average molecular weight is 198 g/mol. The maximum atomic E-state index is 5.65. The van der Waals surface area contributed by atoms with Gasteiger partial charge < -0.3 is 14.2 Å². The Morgan fingerprint density at radius 2 is 1.93 bits per heavy atom. The van der Waals surface area contributed by atoms with E-state index >= 15 is 0 Å². The largest absolute Gasteiger partial charge is 0.381 e. The summed E-state index contributed by atoms with van der Waals surface area (Å²) in [5, 5.41) is 0. The van der Waals surface area contributed by atoms with Crippen LogP contribution in [0.5, 0.6) is 0 Å². The second-order valence-corrected chi connectivity index (χ2v) is 3.93. The van der Waals surface area contributed by atoms with Gasteiger partial charge in [0.1, 0.15) is 0 Å². The summed E-state index contributed by atoms with van der Waals surface area (Å²) in [6, 6.07) is 0. The lowest BCUT2D eigenvalue weighted by molar-refractivity contribution is -0.171. The molecule has 0 aromatic carbocycles. The van der Waals surface area contributed by atoms with Crippen molar-refractivity contribution in [2.75, 3.05) is 26.9 Å². The highest BCUT2D eigenvalue weighted by molar-refractivity contribution is 5.07. The highest BCUT2D eigenvalue weighted by Crippen LogP contribution is 2.37. The van der Waals surface area contributed by atoms with E-state index in [-0.39, 0.29) is 5.79 Å². The molecule has 2 aliphatic rings. The minimum atomic E-state index is -0.232. The Kier molecular flexibility index (Phi) is 3.21. The molecule has 0 bridgehead atoms. The van der Waals surface area contributed by atoms with E-state index in [1.807, 2.05) is 0 Å². The molecular weight excluding hydrogens is 180 g/mol. The van der Waals surface area contributed by atoms with Crippen molar-refractivity contribution in [3.63, 3.8) is 0 Å². The van der Waals surface area contributed by atoms with Gasteiger partial charge in [0.05, 0.1) is 19.8 Å². The first-order valence-electron chi connectivity index (χ1n) is 5.29. The summed E-state index contributed by atoms with van der Waals surface area (Å²) >= 11 is 0. The van der Waals surface area contributed by atoms with Crippen molar-refractivity contribution in [3.05, 3.63) is 11.6 Å². The van der Waals surface area contributed by atoms with Crippen molar-refractivity contribution in [1.82, 2.24) is 0 Å². The summed E-state index contributed by atoms with van der Waals surface area (Å²) in [4.78, 5) is 0. The van der Waals surface area contributed by atoms with Gasteiger partial charge >= 0.3 is 0 Å². The smallest absolute Gasteiger partial charge is 0.169 e. The molecule has 1 saturated carbocycles. The van der Waals surface area contributed by atoms with Crippen LogP contribution < -0.4 is 0 Å². The van der Waals surface area contributed by atoms with Gasteiger partial charge in [0.25, 0.3) is 0 Å². The maximum Gasteiger partial charge on any atom is 0.169 e. The molecular formula is C11H18O3. The normalized spacial score (nSPS) is 25.6. The molecule has 1 spiro atoms. The lowest BCUT2D eigenvalue weighted by Gasteiger charge is -2.32. The summed E-state index contributed by atoms with van der Waals surface area (Å²) < 4.78 is 16.3. The third-order valence-corrected chi connectivity index (χ3v) is 3.01. The van der Waals surface area contributed by atoms with Gasteiger partial charge in [0, 0.05) is 20.0 Å². The second-order valence-electron chi connectivity index (χ2n) is 3.93. The van der Waals surface area contributed by atoms with Gasteiger partial charge in [-0.05, 0) is 12.8 Å². The molecule has 0 amide bonds. The first-order chi connectivity index (χ1) is 6.85. The summed E-state index contributed by atoms with van der Waals surface area (Å²) in [7, 11) is 1.73. The molecule has 2 rings (SSSR count). The third-order valence-electron chi connectivity index (χ3n) is 3.01. The predicted octanol–water partition coefficient (Wildman–Crippen LogP) is 1.88. The Hall–Kier alpha value is -0.380. The van der Waals surface area contributed by atoms with Crippen LogP contribution in [0, 0.1) is 0 Å². The van der Waals surface area contributed by atoms with Crippen LogP contribution in [0.15, 0.2) is 11.6 Å². The Morgan fingerprint density at radius 1 is 1.29 bits per heavy atom. The molecule has 1 aliphatic carbocycles. The first-order valence-corrected chi connectivity index (χ1v) is 5.29. The van der Waals surface area contributed by atoms with E-state index in [2.05, 4.69) is 6.08 Å². The molecule has 0 aromatic heterocycles. The summed E-state index contributed by atoms with van der Waals surface area (Å²) in [5.41, 5.74) is 1.48. The summed E-state index contributed by atoms with van der Waals surface area (Å²) in [6.07, 6.45) is 6.36. The first kappa shape index (κ1) is 10.1. The van der Waals surface area contributed by atoms with Crippen molar-refractivity contribution < 1.29 is 14.2 Å². The number of hydrogen-bond donors (Lipinski definition) is 0. The van der Waals surface area contributed by atoms with Gasteiger partial charge in [-0.15, -0.1) is 0 Å². The van der Waals surface area contributed by atoms with Crippen LogP contribution in [-0.2, 0) is 14.2 Å². The van der Waals surface area contributed by atoms with E-state index in [9.17, 15) is 0 Å². The Bertz CT molecular complexity index is 205. The highest BCUT2D eigenvalue weighted by atomic mass is 16.7. The summed E-state index contributed by atoms with van der Waals surface area (Å²) in [6.45, 7) is 2.25. The van der Waals surface area contributed by atoms with E-state index in [1.54, 1.807) is 7.11 Å². The van der Waals surface area contributed by atoms with Gasteiger partial charge in [-0.1, -0.05) is 11.6 Å². The number of hydrogen-bond acceptors (Lipinski definition) is 3. The molecule has 3 heteroatoms. The zero-order chi connectivity index (χ0) is 9.86. The van der Waals surface area contributed by atoms with Crippen molar-refractivity contribution in [3.8, 4) is 0 Å². The van der Waals surface area contributed by atoms with Gasteiger partial charge in [0.2, 0.25) is 0 Å². The van der Waals surface area contributed by atoms with E-state index in [0.717, 1.165) is 45.5 Å². The third kappa shape index (κ3) is 2.16. The highest BCUT2D eigenvalue weighted by Gasteiger charge is 2.38. The van der Waals surface area contributed by atoms with Crippen LogP contribution >= 0.6 is 0 Å². The molecule has 1 heterocycles. The van der Waals surface area contributed by atoms with E-state index < -0.39 is 0 Å². The van der Waals surface area contributed by atoms with Gasteiger partial charge in [0.15, 0.2) is 5.79 Å². The molecule has 1 aliphatic heterocycles. The van der Waals surface area contributed by atoms with Gasteiger partial charge in [-0.2, -0.15) is 0 Å². The molecule has 1 saturated heterocycles. The number of methoxy groups -OCH3 is 1. The van der Waals surface area contributed by atoms with E-state index in [4.69, 9.17) is 14.2 Å². The van der Waals surface area contributed by atoms with Gasteiger partial charge in [-0.3, -0.25) is 0 Å². The Morgan fingerprint density at radius 3 is 2.50 bits per heavy atom. The predicted molar refractivity (Wildman–Crippen MR) is 53.1 cm³/mol. The minimum Gasteiger partial charge on any atom is -0.381 e. The minimum absolute atomic E-state index is 0.232. The van der Waals surface area contributed by atoms with E-state index in [1.165, 1.54) is 5.57 Å². The standard InChI is InChI=1S/C11H18O3/c1-12-7-4-10-2-5-11(6-3-10)13-8-9-14-11/h4H,2-3,5-9H2,1H3. The molecule has 0 N–H and O–H groups in total. The quantitative estimate of drug-likeness (QED) is 0.634. The lowest BCUT2D eigenvalue weighted by Crippen LogP contribution is -2.33. The fourth-order valence-electron chi connectivity index (χ4n) is 2.14. The number of ether oxygens (including phenoxy) is 3. The van der Waals surface area contributed by atoms with Crippen LogP contribution in [0.1, 0.15) is 25.7 Å². The molecule has 0 atom stereocenters. The van der Waals surface area contributed by atoms with Crippen LogP contribution in [0.25, 0.3) is 0 Å². The lowest BCUT2D eigenvalue weighted by atomic mass is 9.89. The Balaban J connectivity index is 1.85. The zero-order valence-corrected chi connectivity index (χ0v) is 8.75. The van der Waals surface area contributed by atoms with Crippen LogP contribution in [0.2, 0.25) is 0 Å². The second kappa shape index (κ2) is 4.43. The zero-order valence-electron chi connectivity index (χ0n) is 8.75. The van der Waals surface area contributed by atoms with Crippen LogP contribution in [-0.4, -0.2) is 32.7 Å². The average Bonchev–Trinajstić information content (AvgIpc) is 2.66. The molecule has 3 nitrogen and oxygen atoms in total. The maximum absolute atomic E-state index is 5.65. The number of rotatable bonds is 2. The molecule has 0 unspecified atom stereocenters. The Labute approximate surface area is 85.0 Å². The molecule has 14 heavy (non-hydrogen) atoms. The fraction of sp³-hybridized carbons (Fsp3) is 0.818. The van der Waals surface area contributed by atoms with Crippen molar-refractivity contribution in [1.29, 1.82) is 0 Å². The molecule has 2 fully saturated rings. The van der Waals surface area contributed by atoms with Crippen LogP contribution in [0.3, 0.4) is 0 Å². The molecule has 0 radical (unpaired) electrons. The topological polar surface area (TPSA) is 27.7 Å². The SMILES string of the molecule is COCC=C1CCC2(CC1)OCCO2. The summed E-state index contributed by atoms with van der Waals surface area (Å²) in [5.74, 6) is -0.232. The molecule has 80 valence electrons. The van der Waals surface area contributed by atoms with Gasteiger partial charge in [-0.25, -0.2) is 0 Å².